The number of rotatable bonds is 3. The quantitative estimate of drug-likeness (QED) is 0.395. The summed E-state index contributed by atoms with van der Waals surface area (Å²) in [7, 11) is 0. The summed E-state index contributed by atoms with van der Waals surface area (Å²) in [6, 6.07) is 27.8. The summed E-state index contributed by atoms with van der Waals surface area (Å²) < 4.78 is 5.82. The van der Waals surface area contributed by atoms with Gasteiger partial charge < -0.3 is 5.32 Å². The van der Waals surface area contributed by atoms with Crippen LogP contribution in [0.25, 0.3) is 31.6 Å². The second-order valence-electron chi connectivity index (χ2n) is 6.18. The molecule has 4 aromatic carbocycles. The summed E-state index contributed by atoms with van der Waals surface area (Å²) in [5, 5.41) is 9.92. The third kappa shape index (κ3) is 2.44. The Morgan fingerprint density at radius 2 is 1.32 bits per heavy atom. The molecule has 0 atom stereocenters. The summed E-state index contributed by atoms with van der Waals surface area (Å²) in [6.07, 6.45) is 0. The second kappa shape index (κ2) is 5.87. The first-order valence-electron chi connectivity index (χ1n) is 8.38. The molecular formula is C22H16N2S. The van der Waals surface area contributed by atoms with E-state index >= 15 is 0 Å². The van der Waals surface area contributed by atoms with Gasteiger partial charge >= 0.3 is 0 Å². The SMILES string of the molecule is c1ccc2c(CNc3nsc4ccccc34)c3ccccc3cc2c1. The van der Waals surface area contributed by atoms with Crippen molar-refractivity contribution in [2.24, 2.45) is 0 Å². The molecule has 0 aliphatic carbocycles. The average molecular weight is 340 g/mol. The highest BCUT2D eigenvalue weighted by Gasteiger charge is 2.09. The zero-order valence-electron chi connectivity index (χ0n) is 13.6. The van der Waals surface area contributed by atoms with Crippen LogP contribution in [0.5, 0.6) is 0 Å². The molecule has 1 heterocycles. The van der Waals surface area contributed by atoms with E-state index in [1.54, 1.807) is 11.5 Å². The van der Waals surface area contributed by atoms with Gasteiger partial charge in [0, 0.05) is 11.9 Å². The highest BCUT2D eigenvalue weighted by Crippen LogP contribution is 2.31. The average Bonchev–Trinajstić information content (AvgIpc) is 3.08. The molecule has 0 fully saturated rings. The van der Waals surface area contributed by atoms with Crippen LogP contribution in [0.2, 0.25) is 0 Å². The van der Waals surface area contributed by atoms with Crippen LogP contribution in [0.3, 0.4) is 0 Å². The Balaban J connectivity index is 1.63. The van der Waals surface area contributed by atoms with Crippen LogP contribution in [0.4, 0.5) is 5.82 Å². The van der Waals surface area contributed by atoms with Gasteiger partial charge in [0.05, 0.1) is 4.70 Å². The number of nitrogens with one attached hydrogen (secondary N) is 1. The highest BCUT2D eigenvalue weighted by atomic mass is 32.1. The molecule has 0 saturated carbocycles. The van der Waals surface area contributed by atoms with E-state index in [9.17, 15) is 0 Å². The molecular weight excluding hydrogens is 324 g/mol. The van der Waals surface area contributed by atoms with Gasteiger partial charge in [0.1, 0.15) is 5.82 Å². The Morgan fingerprint density at radius 3 is 2.04 bits per heavy atom. The highest BCUT2D eigenvalue weighted by molar-refractivity contribution is 7.13. The number of hydrogen-bond donors (Lipinski definition) is 1. The zero-order valence-corrected chi connectivity index (χ0v) is 14.4. The minimum Gasteiger partial charge on any atom is -0.365 e. The Kier molecular flexibility index (Phi) is 3.39. The molecule has 25 heavy (non-hydrogen) atoms. The molecule has 0 radical (unpaired) electrons. The van der Waals surface area contributed by atoms with Gasteiger partial charge in [0.2, 0.25) is 0 Å². The van der Waals surface area contributed by atoms with Crippen molar-refractivity contribution in [3.8, 4) is 0 Å². The van der Waals surface area contributed by atoms with Gasteiger partial charge in [-0.05, 0) is 56.8 Å². The fourth-order valence-electron chi connectivity index (χ4n) is 3.48. The van der Waals surface area contributed by atoms with Gasteiger partial charge in [-0.2, -0.15) is 4.37 Å². The van der Waals surface area contributed by atoms with Crippen molar-refractivity contribution in [2.75, 3.05) is 5.32 Å². The van der Waals surface area contributed by atoms with Crippen LogP contribution in [-0.2, 0) is 6.54 Å². The normalized spacial score (nSPS) is 11.4. The maximum absolute atomic E-state index is 4.60. The molecule has 5 rings (SSSR count). The second-order valence-corrected chi connectivity index (χ2v) is 6.98. The summed E-state index contributed by atoms with van der Waals surface area (Å²) in [4.78, 5) is 0. The van der Waals surface area contributed by atoms with Crippen molar-refractivity contribution in [3.63, 3.8) is 0 Å². The molecule has 0 unspecified atom stereocenters. The van der Waals surface area contributed by atoms with E-state index in [0.717, 1.165) is 12.4 Å². The van der Waals surface area contributed by atoms with Crippen molar-refractivity contribution in [1.82, 2.24) is 4.37 Å². The third-order valence-corrected chi connectivity index (χ3v) is 5.52. The smallest absolute Gasteiger partial charge is 0.147 e. The van der Waals surface area contributed by atoms with E-state index < -0.39 is 0 Å². The van der Waals surface area contributed by atoms with Crippen LogP contribution in [0.1, 0.15) is 5.56 Å². The van der Waals surface area contributed by atoms with Gasteiger partial charge in [-0.3, -0.25) is 0 Å². The van der Waals surface area contributed by atoms with Crippen molar-refractivity contribution >= 4 is 49.0 Å². The fraction of sp³-hybridized carbons (Fsp3) is 0.0455. The largest absolute Gasteiger partial charge is 0.365 e. The predicted molar refractivity (Wildman–Crippen MR) is 108 cm³/mol. The molecule has 5 aromatic rings. The van der Waals surface area contributed by atoms with Crippen molar-refractivity contribution in [1.29, 1.82) is 0 Å². The van der Waals surface area contributed by atoms with Crippen molar-refractivity contribution < 1.29 is 0 Å². The van der Waals surface area contributed by atoms with Crippen LogP contribution < -0.4 is 5.32 Å². The van der Waals surface area contributed by atoms with Gasteiger partial charge in [-0.25, -0.2) is 0 Å². The first-order chi connectivity index (χ1) is 12.4. The van der Waals surface area contributed by atoms with E-state index in [1.165, 1.54) is 37.2 Å². The first-order valence-corrected chi connectivity index (χ1v) is 9.15. The summed E-state index contributed by atoms with van der Waals surface area (Å²) in [5.74, 6) is 0.970. The number of hydrogen-bond acceptors (Lipinski definition) is 3. The molecule has 0 aliphatic rings. The minimum atomic E-state index is 0.760. The van der Waals surface area contributed by atoms with Gasteiger partial charge in [-0.1, -0.05) is 60.7 Å². The third-order valence-electron chi connectivity index (χ3n) is 4.69. The molecule has 3 heteroatoms. The van der Waals surface area contributed by atoms with Crippen molar-refractivity contribution in [3.05, 3.63) is 84.4 Å². The van der Waals surface area contributed by atoms with Crippen LogP contribution in [-0.4, -0.2) is 4.37 Å². The zero-order chi connectivity index (χ0) is 16.6. The topological polar surface area (TPSA) is 24.9 Å². The molecule has 0 amide bonds. The van der Waals surface area contributed by atoms with E-state index in [0.29, 0.717) is 0 Å². The Hall–Kier alpha value is -2.91. The van der Waals surface area contributed by atoms with Gasteiger partial charge in [-0.15, -0.1) is 0 Å². The van der Waals surface area contributed by atoms with Crippen molar-refractivity contribution in [2.45, 2.75) is 6.54 Å². The summed E-state index contributed by atoms with van der Waals surface area (Å²) >= 11 is 1.54. The van der Waals surface area contributed by atoms with Gasteiger partial charge in [0.15, 0.2) is 0 Å². The number of anilines is 1. The molecule has 0 bridgehead atoms. The molecule has 0 spiro atoms. The summed E-state index contributed by atoms with van der Waals surface area (Å²) in [5.41, 5.74) is 1.32. The van der Waals surface area contributed by atoms with E-state index in [1.807, 2.05) is 0 Å². The maximum atomic E-state index is 4.60. The molecule has 1 N–H and O–H groups in total. The van der Waals surface area contributed by atoms with Gasteiger partial charge in [0.25, 0.3) is 0 Å². The number of aromatic nitrogens is 1. The van der Waals surface area contributed by atoms with E-state index in [-0.39, 0.29) is 0 Å². The molecule has 1 aromatic heterocycles. The lowest BCUT2D eigenvalue weighted by Crippen LogP contribution is -2.01. The molecule has 0 saturated heterocycles. The monoisotopic (exact) mass is 340 g/mol. The standard InChI is InChI=1S/C22H16N2S/c1-3-9-17-15(7-1)13-16-8-2-4-10-18(16)20(17)14-23-22-19-11-5-6-12-21(19)25-24-22/h1-13H,14H2,(H,23,24). The maximum Gasteiger partial charge on any atom is 0.147 e. The Labute approximate surface area is 149 Å². The van der Waals surface area contributed by atoms with Crippen LogP contribution in [0, 0.1) is 0 Å². The van der Waals surface area contributed by atoms with Crippen LogP contribution in [0.15, 0.2) is 78.9 Å². The Morgan fingerprint density at radius 1 is 0.720 bits per heavy atom. The van der Waals surface area contributed by atoms with E-state index in [4.69, 9.17) is 0 Å². The fourth-order valence-corrected chi connectivity index (χ4v) is 4.24. The molecule has 120 valence electrons. The number of benzene rings is 4. The molecule has 2 nitrogen and oxygen atoms in total. The first kappa shape index (κ1) is 14.4. The predicted octanol–water partition coefficient (Wildman–Crippen LogP) is 6.21. The lowest BCUT2D eigenvalue weighted by molar-refractivity contribution is 1.17. The summed E-state index contributed by atoms with van der Waals surface area (Å²) in [6.45, 7) is 0.760. The lowest BCUT2D eigenvalue weighted by Gasteiger charge is -2.12. The van der Waals surface area contributed by atoms with Crippen LogP contribution >= 0.6 is 11.5 Å². The molecule has 0 aliphatic heterocycles. The minimum absolute atomic E-state index is 0.760. The lowest BCUT2D eigenvalue weighted by atomic mass is 9.97. The number of fused-ring (bicyclic) bond motifs is 3. The number of nitrogens with zero attached hydrogens (tertiary/aromatic N) is 1. The Bertz CT molecular complexity index is 1150. The van der Waals surface area contributed by atoms with E-state index in [2.05, 4.69) is 88.6 Å².